The van der Waals surface area contributed by atoms with E-state index in [9.17, 15) is 5.11 Å². The summed E-state index contributed by atoms with van der Waals surface area (Å²) in [6, 6.07) is 6.64. The Hall–Kier alpha value is -0.580. The molecule has 0 bridgehead atoms. The van der Waals surface area contributed by atoms with Gasteiger partial charge in [-0.05, 0) is 50.9 Å². The Morgan fingerprint density at radius 2 is 2.19 bits per heavy atom. The minimum Gasteiger partial charge on any atom is -0.496 e. The van der Waals surface area contributed by atoms with E-state index >= 15 is 0 Å². The molecule has 1 saturated heterocycles. The summed E-state index contributed by atoms with van der Waals surface area (Å²) in [4.78, 5) is 2.52. The number of hydrogen-bond acceptors (Lipinski definition) is 3. The van der Waals surface area contributed by atoms with E-state index < -0.39 is 0 Å². The van der Waals surface area contributed by atoms with Gasteiger partial charge in [0.2, 0.25) is 0 Å². The molecule has 0 saturated carbocycles. The van der Waals surface area contributed by atoms with E-state index in [1.54, 1.807) is 7.11 Å². The Morgan fingerprint density at radius 1 is 1.38 bits per heavy atom. The van der Waals surface area contributed by atoms with Crippen molar-refractivity contribution in [3.63, 3.8) is 0 Å². The molecule has 1 fully saturated rings. The van der Waals surface area contributed by atoms with Gasteiger partial charge in [-0.1, -0.05) is 28.8 Å². The third-order valence-corrected chi connectivity index (χ3v) is 4.72. The predicted octanol–water partition coefficient (Wildman–Crippen LogP) is 3.97. The minimum atomic E-state index is -0.236. The number of methoxy groups -OCH3 is 1. The van der Waals surface area contributed by atoms with Gasteiger partial charge in [0, 0.05) is 22.6 Å². The highest BCUT2D eigenvalue weighted by molar-refractivity contribution is 9.10. The maximum Gasteiger partial charge on any atom is 0.123 e. The summed E-state index contributed by atoms with van der Waals surface area (Å²) in [5.74, 6) is 0.943. The van der Waals surface area contributed by atoms with E-state index in [-0.39, 0.29) is 6.10 Å². The van der Waals surface area contributed by atoms with Gasteiger partial charge in [0.15, 0.2) is 0 Å². The molecular weight excluding hydrogens is 330 g/mol. The van der Waals surface area contributed by atoms with Gasteiger partial charge in [-0.25, -0.2) is 0 Å². The zero-order valence-corrected chi connectivity index (χ0v) is 14.6. The normalized spacial score (nSPS) is 21.8. The van der Waals surface area contributed by atoms with Crippen molar-refractivity contribution < 1.29 is 9.84 Å². The molecule has 0 amide bonds. The average molecular weight is 356 g/mol. The quantitative estimate of drug-likeness (QED) is 0.867. The van der Waals surface area contributed by atoms with Crippen LogP contribution in [0.4, 0.5) is 0 Å². The molecule has 1 aliphatic rings. The lowest BCUT2D eigenvalue weighted by Gasteiger charge is -2.31. The fourth-order valence-electron chi connectivity index (χ4n) is 3.20. The van der Waals surface area contributed by atoms with Crippen LogP contribution >= 0.6 is 15.9 Å². The van der Waals surface area contributed by atoms with Crippen molar-refractivity contribution in [2.45, 2.75) is 57.7 Å². The number of benzene rings is 1. The SMILES string of the molecule is COc1ccc(Br)cc1CN1CCCCCC1CC(C)O. The summed E-state index contributed by atoms with van der Waals surface area (Å²) in [7, 11) is 1.72. The number of aliphatic hydroxyl groups is 1. The third kappa shape index (κ3) is 4.97. The third-order valence-electron chi connectivity index (χ3n) is 4.23. The maximum absolute atomic E-state index is 9.77. The smallest absolute Gasteiger partial charge is 0.123 e. The van der Waals surface area contributed by atoms with Crippen molar-refractivity contribution in [2.75, 3.05) is 13.7 Å². The first-order chi connectivity index (χ1) is 10.1. The molecule has 2 atom stereocenters. The first-order valence-corrected chi connectivity index (χ1v) is 8.64. The average Bonchev–Trinajstić information content (AvgIpc) is 2.64. The van der Waals surface area contributed by atoms with Crippen molar-refractivity contribution in [3.8, 4) is 5.75 Å². The molecule has 3 nitrogen and oxygen atoms in total. The fraction of sp³-hybridized carbons (Fsp3) is 0.647. The molecule has 1 N–H and O–H groups in total. The summed E-state index contributed by atoms with van der Waals surface area (Å²) >= 11 is 3.55. The minimum absolute atomic E-state index is 0.236. The molecule has 1 aliphatic heterocycles. The highest BCUT2D eigenvalue weighted by atomic mass is 79.9. The van der Waals surface area contributed by atoms with Crippen LogP contribution in [-0.4, -0.2) is 35.8 Å². The summed E-state index contributed by atoms with van der Waals surface area (Å²) in [6.45, 7) is 3.88. The van der Waals surface area contributed by atoms with E-state index in [4.69, 9.17) is 4.74 Å². The molecule has 1 heterocycles. The Balaban J connectivity index is 2.15. The topological polar surface area (TPSA) is 32.7 Å². The van der Waals surface area contributed by atoms with Crippen LogP contribution in [0.3, 0.4) is 0 Å². The van der Waals surface area contributed by atoms with Crippen molar-refractivity contribution in [3.05, 3.63) is 28.2 Å². The standard InChI is InChI=1S/C17H26BrNO2/c1-13(20)10-16-6-4-3-5-9-19(16)12-14-11-15(18)7-8-17(14)21-2/h7-8,11,13,16,20H,3-6,9-10,12H2,1-2H3. The molecule has 2 rings (SSSR count). The molecule has 21 heavy (non-hydrogen) atoms. The van der Waals surface area contributed by atoms with Gasteiger partial charge in [-0.3, -0.25) is 4.90 Å². The molecule has 2 unspecified atom stereocenters. The Kier molecular flexibility index (Phi) is 6.52. The van der Waals surface area contributed by atoms with Gasteiger partial charge < -0.3 is 9.84 Å². The van der Waals surface area contributed by atoms with E-state index in [1.165, 1.54) is 31.2 Å². The molecule has 1 aromatic carbocycles. The molecule has 0 spiro atoms. The van der Waals surface area contributed by atoms with E-state index in [2.05, 4.69) is 26.9 Å². The predicted molar refractivity (Wildman–Crippen MR) is 89.7 cm³/mol. The molecular formula is C17H26BrNO2. The molecule has 4 heteroatoms. The van der Waals surface area contributed by atoms with Gasteiger partial charge in [0.25, 0.3) is 0 Å². The second kappa shape index (κ2) is 8.16. The summed E-state index contributed by atoms with van der Waals surface area (Å²) in [5.41, 5.74) is 1.21. The van der Waals surface area contributed by atoms with Crippen LogP contribution in [0.25, 0.3) is 0 Å². The lowest BCUT2D eigenvalue weighted by Crippen LogP contribution is -2.36. The van der Waals surface area contributed by atoms with Crippen molar-refractivity contribution in [2.24, 2.45) is 0 Å². The molecule has 0 radical (unpaired) electrons. The lowest BCUT2D eigenvalue weighted by molar-refractivity contribution is 0.107. The fourth-order valence-corrected chi connectivity index (χ4v) is 3.60. The zero-order valence-electron chi connectivity index (χ0n) is 13.0. The number of rotatable bonds is 5. The Morgan fingerprint density at radius 3 is 2.90 bits per heavy atom. The largest absolute Gasteiger partial charge is 0.496 e. The number of halogens is 1. The summed E-state index contributed by atoms with van der Waals surface area (Å²) < 4.78 is 6.58. The van der Waals surface area contributed by atoms with Gasteiger partial charge in [-0.2, -0.15) is 0 Å². The Bertz CT molecular complexity index is 450. The van der Waals surface area contributed by atoms with Crippen LogP contribution in [0.15, 0.2) is 22.7 Å². The molecule has 0 aliphatic carbocycles. The number of aliphatic hydroxyl groups excluding tert-OH is 1. The first-order valence-electron chi connectivity index (χ1n) is 7.84. The Labute approximate surface area is 136 Å². The van der Waals surface area contributed by atoms with Gasteiger partial charge in [-0.15, -0.1) is 0 Å². The van der Waals surface area contributed by atoms with E-state index in [0.717, 1.165) is 29.7 Å². The second-order valence-corrected chi connectivity index (χ2v) is 6.93. The van der Waals surface area contributed by atoms with Crippen LogP contribution in [0.5, 0.6) is 5.75 Å². The highest BCUT2D eigenvalue weighted by Crippen LogP contribution is 2.28. The number of ether oxygens (including phenoxy) is 1. The second-order valence-electron chi connectivity index (χ2n) is 6.01. The van der Waals surface area contributed by atoms with Crippen LogP contribution in [-0.2, 0) is 6.54 Å². The van der Waals surface area contributed by atoms with E-state index in [0.29, 0.717) is 6.04 Å². The first kappa shape index (κ1) is 16.8. The van der Waals surface area contributed by atoms with Crippen molar-refractivity contribution in [1.82, 2.24) is 4.90 Å². The molecule has 0 aromatic heterocycles. The maximum atomic E-state index is 9.77. The van der Waals surface area contributed by atoms with Crippen LogP contribution in [0.1, 0.15) is 44.6 Å². The van der Waals surface area contributed by atoms with Gasteiger partial charge >= 0.3 is 0 Å². The number of nitrogens with zero attached hydrogens (tertiary/aromatic N) is 1. The van der Waals surface area contributed by atoms with Crippen LogP contribution < -0.4 is 4.74 Å². The van der Waals surface area contributed by atoms with Gasteiger partial charge in [0.05, 0.1) is 13.2 Å². The summed E-state index contributed by atoms with van der Waals surface area (Å²) in [5, 5.41) is 9.77. The van der Waals surface area contributed by atoms with Crippen molar-refractivity contribution >= 4 is 15.9 Å². The number of hydrogen-bond donors (Lipinski definition) is 1. The van der Waals surface area contributed by atoms with Crippen LogP contribution in [0.2, 0.25) is 0 Å². The van der Waals surface area contributed by atoms with Crippen molar-refractivity contribution in [1.29, 1.82) is 0 Å². The highest BCUT2D eigenvalue weighted by Gasteiger charge is 2.23. The molecule has 1 aromatic rings. The number of likely N-dealkylation sites (tertiary alicyclic amines) is 1. The van der Waals surface area contributed by atoms with Crippen LogP contribution in [0, 0.1) is 0 Å². The van der Waals surface area contributed by atoms with Gasteiger partial charge in [0.1, 0.15) is 5.75 Å². The zero-order chi connectivity index (χ0) is 15.2. The lowest BCUT2D eigenvalue weighted by atomic mass is 10.0. The van der Waals surface area contributed by atoms with E-state index in [1.807, 2.05) is 19.1 Å². The summed E-state index contributed by atoms with van der Waals surface area (Å²) in [6.07, 6.45) is 5.61. The molecule has 118 valence electrons. The monoisotopic (exact) mass is 355 g/mol.